The van der Waals surface area contributed by atoms with E-state index in [4.69, 9.17) is 41.2 Å². The van der Waals surface area contributed by atoms with Crippen molar-refractivity contribution in [3.05, 3.63) is 89.5 Å². The van der Waals surface area contributed by atoms with Crippen LogP contribution in [0.25, 0.3) is 0 Å². The van der Waals surface area contributed by atoms with Crippen LogP contribution in [0.15, 0.2) is 72.8 Å². The maximum absolute atomic E-state index is 12.5. The molecule has 3 aromatic rings. The van der Waals surface area contributed by atoms with Crippen LogP contribution >= 0.6 is 0 Å². The third-order valence-electron chi connectivity index (χ3n) is 6.24. The summed E-state index contributed by atoms with van der Waals surface area (Å²) in [6, 6.07) is 21.6. The van der Waals surface area contributed by atoms with Crippen molar-refractivity contribution in [1.82, 2.24) is 4.90 Å². The number of nitrogen functional groups attached to an aromatic ring is 1. The molecule has 0 aromatic heterocycles. The summed E-state index contributed by atoms with van der Waals surface area (Å²) < 4.78 is 23.1. The Morgan fingerprint density at radius 1 is 0.846 bits per heavy atom. The number of carbonyl (C=O) groups excluding carboxylic acids is 1. The number of amidine groups is 1. The zero-order valence-electron chi connectivity index (χ0n) is 21.6. The number of hydrogen-bond acceptors (Lipinski definition) is 7. The van der Waals surface area contributed by atoms with Gasteiger partial charge in [0, 0.05) is 31.5 Å². The summed E-state index contributed by atoms with van der Waals surface area (Å²) in [5.41, 5.74) is 13.1. The molecule has 1 aliphatic rings. The van der Waals surface area contributed by atoms with Crippen molar-refractivity contribution < 1.29 is 23.7 Å². The molecule has 0 amide bonds. The van der Waals surface area contributed by atoms with Gasteiger partial charge in [0.2, 0.25) is 0 Å². The molecule has 1 fully saturated rings. The second-order valence-electron chi connectivity index (χ2n) is 9.05. The second kappa shape index (κ2) is 13.2. The van der Waals surface area contributed by atoms with Crippen molar-refractivity contribution in [2.45, 2.75) is 25.6 Å². The van der Waals surface area contributed by atoms with Crippen LogP contribution < -0.4 is 25.7 Å². The van der Waals surface area contributed by atoms with Gasteiger partial charge >= 0.3 is 5.97 Å². The highest BCUT2D eigenvalue weighted by molar-refractivity contribution is 5.95. The molecule has 1 aliphatic heterocycles. The van der Waals surface area contributed by atoms with E-state index in [1.165, 1.54) is 0 Å². The maximum Gasteiger partial charge on any atom is 0.338 e. The molecule has 3 aromatic carbocycles. The highest BCUT2D eigenvalue weighted by Crippen LogP contribution is 2.29. The first-order valence-electron chi connectivity index (χ1n) is 12.7. The molecule has 0 saturated carbocycles. The van der Waals surface area contributed by atoms with Gasteiger partial charge in [-0.25, -0.2) is 4.79 Å². The molecule has 10 nitrogen and oxygen atoms in total. The minimum atomic E-state index is -0.474. The van der Waals surface area contributed by atoms with Crippen LogP contribution in [0.4, 0.5) is 0 Å². The van der Waals surface area contributed by atoms with Crippen molar-refractivity contribution in [1.29, 1.82) is 10.8 Å². The van der Waals surface area contributed by atoms with Gasteiger partial charge in [0.15, 0.2) is 17.5 Å². The minimum absolute atomic E-state index is 0.0221. The van der Waals surface area contributed by atoms with Gasteiger partial charge in [0.25, 0.3) is 0 Å². The fraction of sp³-hybridized carbons (Fsp3) is 0.276. The normalized spacial score (nSPS) is 13.4. The Morgan fingerprint density at radius 3 is 2.21 bits per heavy atom. The fourth-order valence-electron chi connectivity index (χ4n) is 4.09. The van der Waals surface area contributed by atoms with Gasteiger partial charge in [0.1, 0.15) is 37.5 Å². The fourth-order valence-corrected chi connectivity index (χ4v) is 4.09. The molecule has 1 heterocycles. The first-order valence-corrected chi connectivity index (χ1v) is 12.7. The monoisotopic (exact) mass is 531 g/mol. The highest BCUT2D eigenvalue weighted by atomic mass is 16.6. The van der Waals surface area contributed by atoms with Crippen LogP contribution in [0.3, 0.4) is 0 Å². The summed E-state index contributed by atoms with van der Waals surface area (Å²) in [6.45, 7) is 1.84. The first-order chi connectivity index (χ1) is 18.9. The van der Waals surface area contributed by atoms with E-state index in [9.17, 15) is 4.79 Å². The number of nitrogens with one attached hydrogen (secondary N) is 2. The molecule has 0 aliphatic carbocycles. The summed E-state index contributed by atoms with van der Waals surface area (Å²) in [5, 5.41) is 15.2. The summed E-state index contributed by atoms with van der Waals surface area (Å²) in [4.78, 5) is 14.3. The number of likely N-dealkylation sites (tertiary alicyclic amines) is 1. The van der Waals surface area contributed by atoms with Crippen molar-refractivity contribution in [3.8, 4) is 17.2 Å². The van der Waals surface area contributed by atoms with Crippen LogP contribution in [-0.4, -0.2) is 55.1 Å². The third-order valence-corrected chi connectivity index (χ3v) is 6.24. The number of carbonyl (C=O) groups is 1. The summed E-state index contributed by atoms with van der Waals surface area (Å²) in [7, 11) is 0. The number of guanidine groups is 1. The quantitative estimate of drug-likeness (QED) is 0.127. The van der Waals surface area contributed by atoms with E-state index >= 15 is 0 Å². The van der Waals surface area contributed by atoms with Crippen LogP contribution in [0.2, 0.25) is 0 Å². The molecule has 6 N–H and O–H groups in total. The molecule has 0 bridgehead atoms. The van der Waals surface area contributed by atoms with Crippen LogP contribution in [-0.2, 0) is 11.3 Å². The van der Waals surface area contributed by atoms with Gasteiger partial charge in [-0.3, -0.25) is 10.8 Å². The number of rotatable bonds is 11. The number of piperidine rings is 1. The van der Waals surface area contributed by atoms with Gasteiger partial charge in [-0.2, -0.15) is 0 Å². The summed E-state index contributed by atoms with van der Waals surface area (Å²) >= 11 is 0. The topological polar surface area (TPSA) is 157 Å². The summed E-state index contributed by atoms with van der Waals surface area (Å²) in [5.74, 6) is 1.10. The molecule has 0 radical (unpaired) electrons. The number of benzene rings is 3. The van der Waals surface area contributed by atoms with Crippen molar-refractivity contribution in [2.24, 2.45) is 11.5 Å². The van der Waals surface area contributed by atoms with Gasteiger partial charge in [-0.15, -0.1) is 0 Å². The lowest BCUT2D eigenvalue weighted by Crippen LogP contribution is -2.44. The molecule has 4 rings (SSSR count). The van der Waals surface area contributed by atoms with Gasteiger partial charge in [-0.1, -0.05) is 30.3 Å². The number of nitrogens with two attached hydrogens (primary N) is 2. The SMILES string of the molecule is N=C(N)c1ccc(OCc2ccccc2)c(OCCOC(=O)c2ccc(OC3CCN(C(=N)N)CC3)cc2)c1. The number of hydrogen-bond donors (Lipinski definition) is 4. The van der Waals surface area contributed by atoms with E-state index in [0.29, 0.717) is 48.1 Å². The number of ether oxygens (including phenoxy) is 4. The molecule has 0 unspecified atom stereocenters. The predicted octanol–water partition coefficient (Wildman–Crippen LogP) is 3.52. The Kier molecular flexibility index (Phi) is 9.23. The van der Waals surface area contributed by atoms with Crippen molar-refractivity contribution >= 4 is 17.8 Å². The zero-order chi connectivity index (χ0) is 27.6. The van der Waals surface area contributed by atoms with E-state index in [2.05, 4.69) is 0 Å². The zero-order valence-corrected chi connectivity index (χ0v) is 21.6. The highest BCUT2D eigenvalue weighted by Gasteiger charge is 2.21. The second-order valence-corrected chi connectivity index (χ2v) is 9.05. The molecular formula is C29H33N5O5. The van der Waals surface area contributed by atoms with Gasteiger partial charge in [-0.05, 0) is 48.0 Å². The number of nitrogens with zero attached hydrogens (tertiary/aromatic N) is 1. The lowest BCUT2D eigenvalue weighted by atomic mass is 10.1. The standard InChI is InChI=1S/C29H33N5O5/c30-27(31)22-8-11-25(38-19-20-4-2-1-3-5-20)26(18-22)36-16-17-37-28(35)21-6-9-23(10-7-21)39-24-12-14-34(15-13-24)29(32)33/h1-11,18,24H,12-17,19H2,(H3,30,31)(H3,32,33). The predicted molar refractivity (Wildman–Crippen MR) is 148 cm³/mol. The first kappa shape index (κ1) is 27.3. The Balaban J connectivity index is 1.25. The lowest BCUT2D eigenvalue weighted by molar-refractivity contribution is 0.0448. The van der Waals surface area contributed by atoms with Crippen LogP contribution in [0, 0.1) is 10.8 Å². The Bertz CT molecular complexity index is 1270. The van der Waals surface area contributed by atoms with E-state index < -0.39 is 5.97 Å². The molecule has 204 valence electrons. The van der Waals surface area contributed by atoms with Crippen LogP contribution in [0.1, 0.15) is 34.3 Å². The van der Waals surface area contributed by atoms with Crippen LogP contribution in [0.5, 0.6) is 17.2 Å². The van der Waals surface area contributed by atoms with E-state index in [0.717, 1.165) is 18.4 Å². The lowest BCUT2D eigenvalue weighted by Gasteiger charge is -2.32. The molecule has 39 heavy (non-hydrogen) atoms. The smallest absolute Gasteiger partial charge is 0.338 e. The van der Waals surface area contributed by atoms with E-state index in [-0.39, 0.29) is 31.1 Å². The molecule has 1 saturated heterocycles. The van der Waals surface area contributed by atoms with Gasteiger partial charge < -0.3 is 35.3 Å². The average Bonchev–Trinajstić information content (AvgIpc) is 2.95. The van der Waals surface area contributed by atoms with Gasteiger partial charge in [0.05, 0.1) is 5.56 Å². The molecule has 0 atom stereocenters. The van der Waals surface area contributed by atoms with E-state index in [1.54, 1.807) is 42.5 Å². The molecule has 0 spiro atoms. The molecule has 10 heteroatoms. The largest absolute Gasteiger partial charge is 0.490 e. The Hall–Kier alpha value is -4.73. The third kappa shape index (κ3) is 7.88. The minimum Gasteiger partial charge on any atom is -0.490 e. The Labute approximate surface area is 227 Å². The Morgan fingerprint density at radius 2 is 1.54 bits per heavy atom. The number of esters is 1. The average molecular weight is 532 g/mol. The molecular weight excluding hydrogens is 498 g/mol. The van der Waals surface area contributed by atoms with Crippen molar-refractivity contribution in [3.63, 3.8) is 0 Å². The van der Waals surface area contributed by atoms with E-state index in [1.807, 2.05) is 35.2 Å². The maximum atomic E-state index is 12.5. The summed E-state index contributed by atoms with van der Waals surface area (Å²) in [6.07, 6.45) is 1.59. The van der Waals surface area contributed by atoms with Crippen molar-refractivity contribution in [2.75, 3.05) is 26.3 Å².